The van der Waals surface area contributed by atoms with Gasteiger partial charge in [-0.2, -0.15) is 0 Å². The third-order valence-electron chi connectivity index (χ3n) is 3.33. The SMILES string of the molecule is COc1cccc(CN(C)c2nc(C(C)C)c(CN)s2)c1. The van der Waals surface area contributed by atoms with Gasteiger partial charge < -0.3 is 15.4 Å². The molecule has 2 aromatic rings. The molecule has 0 aliphatic carbocycles. The highest BCUT2D eigenvalue weighted by Crippen LogP contribution is 2.30. The van der Waals surface area contributed by atoms with Crippen LogP contribution in [-0.2, 0) is 13.1 Å². The van der Waals surface area contributed by atoms with E-state index in [4.69, 9.17) is 15.5 Å². The number of thiazole rings is 1. The summed E-state index contributed by atoms with van der Waals surface area (Å²) in [5.74, 6) is 1.28. The van der Waals surface area contributed by atoms with E-state index in [0.717, 1.165) is 23.1 Å². The molecule has 0 unspecified atom stereocenters. The Morgan fingerprint density at radius 3 is 2.71 bits per heavy atom. The van der Waals surface area contributed by atoms with Gasteiger partial charge in [-0.05, 0) is 23.6 Å². The summed E-state index contributed by atoms with van der Waals surface area (Å²) in [5.41, 5.74) is 8.15. The van der Waals surface area contributed by atoms with E-state index in [9.17, 15) is 0 Å². The van der Waals surface area contributed by atoms with Crippen molar-refractivity contribution in [2.24, 2.45) is 5.73 Å². The first-order valence-electron chi connectivity index (χ1n) is 7.08. The van der Waals surface area contributed by atoms with Crippen molar-refractivity contribution in [3.05, 3.63) is 40.4 Å². The summed E-state index contributed by atoms with van der Waals surface area (Å²) < 4.78 is 5.27. The maximum atomic E-state index is 5.83. The lowest BCUT2D eigenvalue weighted by molar-refractivity contribution is 0.414. The largest absolute Gasteiger partial charge is 0.497 e. The van der Waals surface area contributed by atoms with Gasteiger partial charge in [-0.25, -0.2) is 4.98 Å². The predicted molar refractivity (Wildman–Crippen MR) is 89.2 cm³/mol. The highest BCUT2D eigenvalue weighted by molar-refractivity contribution is 7.15. The highest BCUT2D eigenvalue weighted by Gasteiger charge is 2.15. The van der Waals surface area contributed by atoms with E-state index in [-0.39, 0.29) is 0 Å². The van der Waals surface area contributed by atoms with Crippen molar-refractivity contribution in [3.8, 4) is 5.75 Å². The molecule has 0 atom stereocenters. The van der Waals surface area contributed by atoms with Crippen molar-refractivity contribution in [3.63, 3.8) is 0 Å². The molecule has 4 nitrogen and oxygen atoms in total. The van der Waals surface area contributed by atoms with E-state index in [1.165, 1.54) is 10.4 Å². The topological polar surface area (TPSA) is 51.4 Å². The number of anilines is 1. The van der Waals surface area contributed by atoms with E-state index in [2.05, 4.69) is 37.9 Å². The van der Waals surface area contributed by atoms with Crippen molar-refractivity contribution in [1.29, 1.82) is 0 Å². The van der Waals surface area contributed by atoms with Gasteiger partial charge in [0.25, 0.3) is 0 Å². The van der Waals surface area contributed by atoms with Crippen LogP contribution in [0.3, 0.4) is 0 Å². The second-order valence-electron chi connectivity index (χ2n) is 5.37. The van der Waals surface area contributed by atoms with Crippen LogP contribution in [0, 0.1) is 0 Å². The smallest absolute Gasteiger partial charge is 0.185 e. The molecular weight excluding hydrogens is 282 g/mol. The number of rotatable bonds is 6. The zero-order valence-corrected chi connectivity index (χ0v) is 13.9. The minimum Gasteiger partial charge on any atom is -0.497 e. The molecule has 0 aliphatic rings. The zero-order chi connectivity index (χ0) is 15.4. The second-order valence-corrected chi connectivity index (χ2v) is 6.43. The highest BCUT2D eigenvalue weighted by atomic mass is 32.1. The van der Waals surface area contributed by atoms with Gasteiger partial charge in [0, 0.05) is 25.0 Å². The van der Waals surface area contributed by atoms with Gasteiger partial charge in [0.05, 0.1) is 12.8 Å². The van der Waals surface area contributed by atoms with E-state index >= 15 is 0 Å². The van der Waals surface area contributed by atoms with Gasteiger partial charge in [0.15, 0.2) is 5.13 Å². The molecule has 114 valence electrons. The number of hydrogen-bond donors (Lipinski definition) is 1. The van der Waals surface area contributed by atoms with Crippen LogP contribution in [0.4, 0.5) is 5.13 Å². The number of ether oxygens (including phenoxy) is 1. The number of nitrogens with zero attached hydrogens (tertiary/aromatic N) is 2. The van der Waals surface area contributed by atoms with Crippen LogP contribution in [0.15, 0.2) is 24.3 Å². The molecule has 1 aromatic heterocycles. The number of aromatic nitrogens is 1. The van der Waals surface area contributed by atoms with Gasteiger partial charge in [-0.1, -0.05) is 26.0 Å². The van der Waals surface area contributed by atoms with Gasteiger partial charge in [0.1, 0.15) is 5.75 Å². The van der Waals surface area contributed by atoms with Crippen LogP contribution in [0.1, 0.15) is 35.9 Å². The minimum atomic E-state index is 0.402. The van der Waals surface area contributed by atoms with Gasteiger partial charge in [-0.3, -0.25) is 0 Å². The monoisotopic (exact) mass is 305 g/mol. The van der Waals surface area contributed by atoms with E-state index in [0.29, 0.717) is 12.5 Å². The molecule has 0 fully saturated rings. The fourth-order valence-electron chi connectivity index (χ4n) is 2.22. The first-order valence-corrected chi connectivity index (χ1v) is 7.90. The Kier molecular flexibility index (Phi) is 5.20. The van der Waals surface area contributed by atoms with Crippen LogP contribution in [0.5, 0.6) is 5.75 Å². The quantitative estimate of drug-likeness (QED) is 0.889. The van der Waals surface area contributed by atoms with Crippen molar-refractivity contribution >= 4 is 16.5 Å². The van der Waals surface area contributed by atoms with E-state index in [1.54, 1.807) is 18.4 Å². The molecular formula is C16H23N3OS. The lowest BCUT2D eigenvalue weighted by atomic mass is 10.1. The third-order valence-corrected chi connectivity index (χ3v) is 4.54. The van der Waals surface area contributed by atoms with Crippen molar-refractivity contribution in [1.82, 2.24) is 4.98 Å². The maximum Gasteiger partial charge on any atom is 0.185 e. The standard InChI is InChI=1S/C16H23N3OS/c1-11(2)15-14(9-17)21-16(18-15)19(3)10-12-6-5-7-13(8-12)20-4/h5-8,11H,9-10,17H2,1-4H3. The summed E-state index contributed by atoms with van der Waals surface area (Å²) in [6.45, 7) is 5.66. The lowest BCUT2D eigenvalue weighted by Gasteiger charge is -2.16. The first-order chi connectivity index (χ1) is 10.0. The zero-order valence-electron chi connectivity index (χ0n) is 13.1. The molecule has 5 heteroatoms. The Morgan fingerprint density at radius 1 is 1.38 bits per heavy atom. The molecule has 0 saturated carbocycles. The van der Waals surface area contributed by atoms with Crippen LogP contribution in [0.25, 0.3) is 0 Å². The van der Waals surface area contributed by atoms with Crippen LogP contribution < -0.4 is 15.4 Å². The third kappa shape index (κ3) is 3.74. The molecule has 2 N–H and O–H groups in total. The summed E-state index contributed by atoms with van der Waals surface area (Å²) in [4.78, 5) is 8.09. The molecule has 21 heavy (non-hydrogen) atoms. The van der Waals surface area contributed by atoms with Gasteiger partial charge in [0.2, 0.25) is 0 Å². The molecule has 0 saturated heterocycles. The number of methoxy groups -OCH3 is 1. The maximum absolute atomic E-state index is 5.83. The molecule has 0 amide bonds. The fourth-order valence-corrected chi connectivity index (χ4v) is 3.28. The number of benzene rings is 1. The summed E-state index contributed by atoms with van der Waals surface area (Å²) in [6, 6.07) is 8.11. The predicted octanol–water partition coefficient (Wildman–Crippen LogP) is 3.37. The lowest BCUT2D eigenvalue weighted by Crippen LogP contribution is -2.16. The first kappa shape index (κ1) is 15.8. The number of hydrogen-bond acceptors (Lipinski definition) is 5. The molecule has 2 rings (SSSR count). The van der Waals surface area contributed by atoms with Gasteiger partial charge >= 0.3 is 0 Å². The summed E-state index contributed by atoms with van der Waals surface area (Å²) in [7, 11) is 3.74. The number of nitrogens with two attached hydrogens (primary N) is 1. The molecule has 1 aromatic carbocycles. The summed E-state index contributed by atoms with van der Waals surface area (Å²) in [5, 5.41) is 1.02. The van der Waals surface area contributed by atoms with Crippen molar-refractivity contribution in [2.75, 3.05) is 19.1 Å². The minimum absolute atomic E-state index is 0.402. The molecule has 0 spiro atoms. The summed E-state index contributed by atoms with van der Waals surface area (Å²) >= 11 is 1.68. The second kappa shape index (κ2) is 6.91. The van der Waals surface area contributed by atoms with Crippen LogP contribution >= 0.6 is 11.3 Å². The molecule has 0 aliphatic heterocycles. The molecule has 0 radical (unpaired) electrons. The van der Waals surface area contributed by atoms with Crippen LogP contribution in [0.2, 0.25) is 0 Å². The van der Waals surface area contributed by atoms with E-state index in [1.807, 2.05) is 12.1 Å². The summed E-state index contributed by atoms with van der Waals surface area (Å²) in [6.07, 6.45) is 0. The van der Waals surface area contributed by atoms with Crippen LogP contribution in [-0.4, -0.2) is 19.1 Å². The fraction of sp³-hybridized carbons (Fsp3) is 0.438. The Labute approximate surface area is 130 Å². The van der Waals surface area contributed by atoms with Crippen molar-refractivity contribution < 1.29 is 4.74 Å². The van der Waals surface area contributed by atoms with E-state index < -0.39 is 0 Å². The molecule has 0 bridgehead atoms. The van der Waals surface area contributed by atoms with Gasteiger partial charge in [-0.15, -0.1) is 11.3 Å². The average molecular weight is 305 g/mol. The van der Waals surface area contributed by atoms with Crippen molar-refractivity contribution in [2.45, 2.75) is 32.9 Å². The Morgan fingerprint density at radius 2 is 2.14 bits per heavy atom. The Hall–Kier alpha value is -1.59. The Balaban J connectivity index is 2.17. The normalized spacial score (nSPS) is 11.0. The molecule has 1 heterocycles. The Bertz CT molecular complexity index is 595. The average Bonchev–Trinajstić information content (AvgIpc) is 2.92.